The molecular weight excluding hydrogens is 268 g/mol. The van der Waals surface area contributed by atoms with Gasteiger partial charge in [-0.15, -0.1) is 0 Å². The van der Waals surface area contributed by atoms with E-state index in [4.69, 9.17) is 10.5 Å². The van der Waals surface area contributed by atoms with Crippen molar-refractivity contribution in [1.82, 2.24) is 24.4 Å². The van der Waals surface area contributed by atoms with Crippen molar-refractivity contribution in [3.63, 3.8) is 0 Å². The van der Waals surface area contributed by atoms with E-state index in [0.29, 0.717) is 23.4 Å². The molecule has 0 radical (unpaired) electrons. The molecule has 3 rings (SSSR count). The quantitative estimate of drug-likeness (QED) is 0.893. The first-order valence-electron chi connectivity index (χ1n) is 7.41. The van der Waals surface area contributed by atoms with Crippen LogP contribution in [-0.2, 0) is 6.54 Å². The van der Waals surface area contributed by atoms with Crippen molar-refractivity contribution in [2.75, 3.05) is 26.4 Å². The monoisotopic (exact) mass is 290 g/mol. The van der Waals surface area contributed by atoms with Gasteiger partial charge in [0.25, 0.3) is 0 Å². The predicted molar refractivity (Wildman–Crippen MR) is 81.2 cm³/mol. The third-order valence-electron chi connectivity index (χ3n) is 4.35. The Bertz CT molecular complexity index is 619. The van der Waals surface area contributed by atoms with E-state index >= 15 is 0 Å². The van der Waals surface area contributed by atoms with Crippen molar-refractivity contribution in [2.24, 2.45) is 0 Å². The SMILES string of the molecule is COc1ncnc2c1nc(N)n2CCN(C)C1CCCC1. The van der Waals surface area contributed by atoms with E-state index in [2.05, 4.69) is 26.9 Å². The molecule has 21 heavy (non-hydrogen) atoms. The topological polar surface area (TPSA) is 82.1 Å². The molecule has 7 nitrogen and oxygen atoms in total. The fraction of sp³-hybridized carbons (Fsp3) is 0.643. The van der Waals surface area contributed by atoms with E-state index in [1.165, 1.54) is 32.0 Å². The fourth-order valence-corrected chi connectivity index (χ4v) is 3.09. The minimum absolute atomic E-state index is 0.462. The number of imidazole rings is 1. The average Bonchev–Trinajstić information content (AvgIpc) is 3.12. The van der Waals surface area contributed by atoms with E-state index < -0.39 is 0 Å². The van der Waals surface area contributed by atoms with Crippen molar-refractivity contribution >= 4 is 17.1 Å². The van der Waals surface area contributed by atoms with Gasteiger partial charge in [0.15, 0.2) is 11.2 Å². The molecule has 0 saturated heterocycles. The number of hydrogen-bond acceptors (Lipinski definition) is 6. The van der Waals surface area contributed by atoms with E-state index in [9.17, 15) is 0 Å². The van der Waals surface area contributed by atoms with Crippen LogP contribution in [0.5, 0.6) is 5.88 Å². The summed E-state index contributed by atoms with van der Waals surface area (Å²) in [6.07, 6.45) is 6.77. The predicted octanol–water partition coefficient (Wildman–Crippen LogP) is 1.29. The molecule has 0 unspecified atom stereocenters. The third-order valence-corrected chi connectivity index (χ3v) is 4.35. The van der Waals surface area contributed by atoms with Crippen LogP contribution in [0.4, 0.5) is 5.95 Å². The molecule has 0 aromatic carbocycles. The molecule has 0 amide bonds. The summed E-state index contributed by atoms with van der Waals surface area (Å²) in [7, 11) is 3.76. The van der Waals surface area contributed by atoms with E-state index in [1.54, 1.807) is 7.11 Å². The molecule has 114 valence electrons. The van der Waals surface area contributed by atoms with Gasteiger partial charge < -0.3 is 15.4 Å². The minimum Gasteiger partial charge on any atom is -0.479 e. The van der Waals surface area contributed by atoms with E-state index in [1.807, 2.05) is 4.57 Å². The molecule has 0 atom stereocenters. The maximum atomic E-state index is 6.03. The summed E-state index contributed by atoms with van der Waals surface area (Å²) in [6.45, 7) is 1.71. The second-order valence-corrected chi connectivity index (χ2v) is 5.60. The van der Waals surface area contributed by atoms with Crippen LogP contribution in [0.1, 0.15) is 25.7 Å². The number of ether oxygens (including phenoxy) is 1. The number of methoxy groups -OCH3 is 1. The number of nitrogens with two attached hydrogens (primary N) is 1. The van der Waals surface area contributed by atoms with Gasteiger partial charge in [0.05, 0.1) is 7.11 Å². The first-order chi connectivity index (χ1) is 10.2. The zero-order valence-corrected chi connectivity index (χ0v) is 12.6. The smallest absolute Gasteiger partial charge is 0.245 e. The van der Waals surface area contributed by atoms with Crippen molar-refractivity contribution in [3.8, 4) is 5.88 Å². The Morgan fingerprint density at radius 1 is 1.38 bits per heavy atom. The molecule has 2 N–H and O–H groups in total. The zero-order chi connectivity index (χ0) is 14.8. The van der Waals surface area contributed by atoms with E-state index in [0.717, 1.165) is 18.7 Å². The highest BCUT2D eigenvalue weighted by atomic mass is 16.5. The molecule has 1 aliphatic rings. The lowest BCUT2D eigenvalue weighted by Crippen LogP contribution is -2.32. The molecule has 2 aromatic heterocycles. The van der Waals surface area contributed by atoms with Crippen LogP contribution in [0.15, 0.2) is 6.33 Å². The van der Waals surface area contributed by atoms with Crippen molar-refractivity contribution < 1.29 is 4.74 Å². The van der Waals surface area contributed by atoms with Crippen LogP contribution in [-0.4, -0.2) is 51.2 Å². The number of nitrogens with zero attached hydrogens (tertiary/aromatic N) is 5. The summed E-state index contributed by atoms with van der Waals surface area (Å²) in [6, 6.07) is 0.699. The van der Waals surface area contributed by atoms with Crippen molar-refractivity contribution in [3.05, 3.63) is 6.33 Å². The largest absolute Gasteiger partial charge is 0.479 e. The normalized spacial score (nSPS) is 16.1. The van der Waals surface area contributed by atoms with Crippen LogP contribution in [0, 0.1) is 0 Å². The number of hydrogen-bond donors (Lipinski definition) is 1. The lowest BCUT2D eigenvalue weighted by atomic mass is 10.2. The van der Waals surface area contributed by atoms with Crippen LogP contribution in [0.25, 0.3) is 11.2 Å². The molecule has 0 aliphatic heterocycles. The lowest BCUT2D eigenvalue weighted by Gasteiger charge is -2.24. The highest BCUT2D eigenvalue weighted by molar-refractivity contribution is 5.78. The molecule has 1 aliphatic carbocycles. The Kier molecular flexibility index (Phi) is 3.92. The van der Waals surface area contributed by atoms with Gasteiger partial charge in [-0.3, -0.25) is 4.57 Å². The molecule has 2 aromatic rings. The Morgan fingerprint density at radius 2 is 2.14 bits per heavy atom. The number of likely N-dealkylation sites (N-methyl/N-ethyl adjacent to an activating group) is 1. The minimum atomic E-state index is 0.462. The van der Waals surface area contributed by atoms with Crippen LogP contribution in [0.2, 0.25) is 0 Å². The van der Waals surface area contributed by atoms with Crippen LogP contribution in [0.3, 0.4) is 0 Å². The highest BCUT2D eigenvalue weighted by Gasteiger charge is 2.20. The lowest BCUT2D eigenvalue weighted by molar-refractivity contribution is 0.237. The van der Waals surface area contributed by atoms with Crippen molar-refractivity contribution in [2.45, 2.75) is 38.3 Å². The van der Waals surface area contributed by atoms with Gasteiger partial charge in [-0.2, -0.15) is 4.98 Å². The molecule has 2 heterocycles. The van der Waals surface area contributed by atoms with Crippen molar-refractivity contribution in [1.29, 1.82) is 0 Å². The standard InChI is InChI=1S/C14H22N6O/c1-19(10-5-3-4-6-10)7-8-20-12-11(18-14(20)15)13(21-2)17-9-16-12/h9-10H,3-8H2,1-2H3,(H2,15,18). The van der Waals surface area contributed by atoms with Gasteiger partial charge in [-0.05, 0) is 19.9 Å². The summed E-state index contributed by atoms with van der Waals surface area (Å²) in [4.78, 5) is 15.1. The summed E-state index contributed by atoms with van der Waals surface area (Å²) < 4.78 is 7.15. The van der Waals surface area contributed by atoms with Gasteiger partial charge in [0, 0.05) is 19.1 Å². The third kappa shape index (κ3) is 2.65. The number of nitrogen functional groups attached to an aromatic ring is 1. The van der Waals surface area contributed by atoms with Gasteiger partial charge in [0.2, 0.25) is 11.8 Å². The van der Waals surface area contributed by atoms with Gasteiger partial charge >= 0.3 is 0 Å². The zero-order valence-electron chi connectivity index (χ0n) is 12.6. The molecule has 0 bridgehead atoms. The maximum Gasteiger partial charge on any atom is 0.245 e. The second kappa shape index (κ2) is 5.85. The summed E-state index contributed by atoms with van der Waals surface area (Å²) in [5.74, 6) is 0.929. The number of rotatable bonds is 5. The van der Waals surface area contributed by atoms with Crippen LogP contribution >= 0.6 is 0 Å². The summed E-state index contributed by atoms with van der Waals surface area (Å²) >= 11 is 0. The highest BCUT2D eigenvalue weighted by Crippen LogP contribution is 2.24. The summed E-state index contributed by atoms with van der Waals surface area (Å²) in [5.41, 5.74) is 7.39. The van der Waals surface area contributed by atoms with Gasteiger partial charge in [-0.1, -0.05) is 12.8 Å². The second-order valence-electron chi connectivity index (χ2n) is 5.60. The fourth-order valence-electron chi connectivity index (χ4n) is 3.09. The van der Waals surface area contributed by atoms with E-state index in [-0.39, 0.29) is 0 Å². The Hall–Kier alpha value is -1.89. The Balaban J connectivity index is 1.78. The molecular formula is C14H22N6O. The first kappa shape index (κ1) is 14.1. The summed E-state index contributed by atoms with van der Waals surface area (Å²) in [5, 5.41) is 0. The Labute approximate surface area is 124 Å². The average molecular weight is 290 g/mol. The Morgan fingerprint density at radius 3 is 2.86 bits per heavy atom. The first-order valence-corrected chi connectivity index (χ1v) is 7.41. The molecule has 1 fully saturated rings. The molecule has 7 heteroatoms. The van der Waals surface area contributed by atoms with Crippen LogP contribution < -0.4 is 10.5 Å². The van der Waals surface area contributed by atoms with Gasteiger partial charge in [0.1, 0.15) is 6.33 Å². The number of fused-ring (bicyclic) bond motifs is 1. The number of anilines is 1. The molecule has 0 spiro atoms. The maximum absolute atomic E-state index is 6.03. The molecule has 1 saturated carbocycles. The van der Waals surface area contributed by atoms with Gasteiger partial charge in [-0.25, -0.2) is 9.97 Å². The number of aromatic nitrogens is 4.